The van der Waals surface area contributed by atoms with E-state index in [0.717, 1.165) is 12.1 Å². The Labute approximate surface area is 96.5 Å². The van der Waals surface area contributed by atoms with E-state index in [4.69, 9.17) is 5.73 Å². The largest absolute Gasteiger partial charge is 0.340 e. The summed E-state index contributed by atoms with van der Waals surface area (Å²) in [5.41, 5.74) is 7.00. The van der Waals surface area contributed by atoms with Gasteiger partial charge >= 0.3 is 0 Å². The lowest BCUT2D eigenvalue weighted by Crippen LogP contribution is -2.31. The summed E-state index contributed by atoms with van der Waals surface area (Å²) in [5.74, 6) is -0.0515. The fourth-order valence-corrected chi connectivity index (χ4v) is 1.36. The summed E-state index contributed by atoms with van der Waals surface area (Å²) in [7, 11) is 1.77. The summed E-state index contributed by atoms with van der Waals surface area (Å²) < 4.78 is 0. The lowest BCUT2D eigenvalue weighted by molar-refractivity contribution is 0.0786. The molecule has 1 heterocycles. The van der Waals surface area contributed by atoms with Crippen molar-refractivity contribution in [2.75, 3.05) is 13.6 Å². The normalized spacial score (nSPS) is 12.2. The molecule has 0 aliphatic heterocycles. The molecule has 16 heavy (non-hydrogen) atoms. The van der Waals surface area contributed by atoms with Crippen LogP contribution in [-0.2, 0) is 0 Å². The van der Waals surface area contributed by atoms with Crippen LogP contribution < -0.4 is 5.73 Å². The Balaban J connectivity index is 2.63. The molecule has 0 radical (unpaired) electrons. The number of aryl methyl sites for hydroxylation is 1. The molecule has 1 aromatic heterocycles. The smallest absolute Gasteiger partial charge is 0.272 e. The molecule has 0 aliphatic rings. The van der Waals surface area contributed by atoms with Gasteiger partial charge in [0.05, 0.1) is 0 Å². The van der Waals surface area contributed by atoms with E-state index in [9.17, 15) is 4.79 Å². The van der Waals surface area contributed by atoms with Crippen LogP contribution >= 0.6 is 0 Å². The van der Waals surface area contributed by atoms with Crippen molar-refractivity contribution in [3.8, 4) is 0 Å². The van der Waals surface area contributed by atoms with Crippen molar-refractivity contribution in [3.05, 3.63) is 29.6 Å². The second-order valence-corrected chi connectivity index (χ2v) is 4.16. The zero-order chi connectivity index (χ0) is 12.1. The molecule has 88 valence electrons. The molecule has 1 amide bonds. The third-order valence-corrected chi connectivity index (χ3v) is 2.37. The van der Waals surface area contributed by atoms with Gasteiger partial charge in [-0.3, -0.25) is 4.79 Å². The molecule has 1 rings (SSSR count). The Kier molecular flexibility index (Phi) is 4.43. The van der Waals surface area contributed by atoms with Crippen LogP contribution in [0.5, 0.6) is 0 Å². The van der Waals surface area contributed by atoms with E-state index in [1.165, 1.54) is 0 Å². The fraction of sp³-hybridized carbons (Fsp3) is 0.500. The van der Waals surface area contributed by atoms with Crippen molar-refractivity contribution in [1.29, 1.82) is 0 Å². The number of hydrogen-bond donors (Lipinski definition) is 1. The molecule has 4 heteroatoms. The van der Waals surface area contributed by atoms with Gasteiger partial charge in [0, 0.05) is 25.3 Å². The van der Waals surface area contributed by atoms with Crippen LogP contribution in [0.2, 0.25) is 0 Å². The predicted molar refractivity (Wildman–Crippen MR) is 64.2 cm³/mol. The number of rotatable bonds is 4. The number of carbonyl (C=O) groups is 1. The molecule has 1 aromatic rings. The van der Waals surface area contributed by atoms with E-state index in [1.54, 1.807) is 18.0 Å². The monoisotopic (exact) mass is 221 g/mol. The van der Waals surface area contributed by atoms with Gasteiger partial charge in [0.15, 0.2) is 0 Å². The molecule has 1 atom stereocenters. The maximum absolute atomic E-state index is 11.9. The van der Waals surface area contributed by atoms with E-state index in [0.29, 0.717) is 12.2 Å². The van der Waals surface area contributed by atoms with Gasteiger partial charge < -0.3 is 10.6 Å². The molecule has 1 unspecified atom stereocenters. The van der Waals surface area contributed by atoms with Gasteiger partial charge in [0.2, 0.25) is 0 Å². The van der Waals surface area contributed by atoms with Crippen LogP contribution in [0.15, 0.2) is 18.2 Å². The highest BCUT2D eigenvalue weighted by Gasteiger charge is 2.12. The molecule has 0 bridgehead atoms. The SMILES string of the molecule is Cc1cccc(C(=O)N(C)CCC(C)N)n1. The lowest BCUT2D eigenvalue weighted by atomic mass is 10.2. The Hall–Kier alpha value is -1.42. The van der Waals surface area contributed by atoms with Crippen molar-refractivity contribution in [2.24, 2.45) is 5.73 Å². The Morgan fingerprint density at radius 2 is 2.25 bits per heavy atom. The first-order valence-electron chi connectivity index (χ1n) is 5.45. The number of amides is 1. The molecule has 0 aliphatic carbocycles. The highest BCUT2D eigenvalue weighted by Crippen LogP contribution is 2.03. The number of pyridine rings is 1. The number of nitrogens with two attached hydrogens (primary N) is 1. The van der Waals surface area contributed by atoms with Crippen molar-refractivity contribution in [3.63, 3.8) is 0 Å². The standard InChI is InChI=1S/C12H19N3O/c1-9(13)7-8-15(3)12(16)11-6-4-5-10(2)14-11/h4-6,9H,7-8,13H2,1-3H3. The highest BCUT2D eigenvalue weighted by molar-refractivity contribution is 5.92. The Morgan fingerprint density at radius 3 is 2.81 bits per heavy atom. The van der Waals surface area contributed by atoms with E-state index in [-0.39, 0.29) is 11.9 Å². The molecule has 0 fully saturated rings. The molecular weight excluding hydrogens is 202 g/mol. The maximum Gasteiger partial charge on any atom is 0.272 e. The number of nitrogens with zero attached hydrogens (tertiary/aromatic N) is 2. The first-order valence-corrected chi connectivity index (χ1v) is 5.45. The van der Waals surface area contributed by atoms with Crippen LogP contribution in [0.25, 0.3) is 0 Å². The minimum absolute atomic E-state index is 0.0515. The molecular formula is C12H19N3O. The summed E-state index contributed by atoms with van der Waals surface area (Å²) in [6, 6.07) is 5.56. The summed E-state index contributed by atoms with van der Waals surface area (Å²) in [6.45, 7) is 4.47. The van der Waals surface area contributed by atoms with Crippen LogP contribution in [0.3, 0.4) is 0 Å². The van der Waals surface area contributed by atoms with E-state index in [1.807, 2.05) is 26.0 Å². The average molecular weight is 221 g/mol. The zero-order valence-electron chi connectivity index (χ0n) is 10.1. The van der Waals surface area contributed by atoms with Crippen LogP contribution in [0, 0.1) is 6.92 Å². The zero-order valence-corrected chi connectivity index (χ0v) is 10.1. The quantitative estimate of drug-likeness (QED) is 0.831. The van der Waals surface area contributed by atoms with Gasteiger partial charge in [0.25, 0.3) is 5.91 Å². The summed E-state index contributed by atoms with van der Waals surface area (Å²) >= 11 is 0. The van der Waals surface area contributed by atoms with Crippen LogP contribution in [0.4, 0.5) is 0 Å². The predicted octanol–water partition coefficient (Wildman–Crippen LogP) is 1.20. The van der Waals surface area contributed by atoms with Gasteiger partial charge in [-0.15, -0.1) is 0 Å². The van der Waals surface area contributed by atoms with Gasteiger partial charge in [-0.05, 0) is 32.4 Å². The molecule has 0 aromatic carbocycles. The van der Waals surface area contributed by atoms with Crippen LogP contribution in [-0.4, -0.2) is 35.4 Å². The molecule has 0 spiro atoms. The Bertz CT molecular complexity index is 363. The van der Waals surface area contributed by atoms with Gasteiger partial charge in [-0.1, -0.05) is 6.07 Å². The fourth-order valence-electron chi connectivity index (χ4n) is 1.36. The average Bonchev–Trinajstić information content (AvgIpc) is 2.24. The van der Waals surface area contributed by atoms with Crippen LogP contribution in [0.1, 0.15) is 29.5 Å². The number of carbonyl (C=O) groups excluding carboxylic acids is 1. The Morgan fingerprint density at radius 1 is 1.56 bits per heavy atom. The third kappa shape index (κ3) is 3.62. The maximum atomic E-state index is 11.9. The summed E-state index contributed by atoms with van der Waals surface area (Å²) in [4.78, 5) is 17.8. The first kappa shape index (κ1) is 12.6. The topological polar surface area (TPSA) is 59.2 Å². The molecule has 0 saturated carbocycles. The minimum Gasteiger partial charge on any atom is -0.340 e. The van der Waals surface area contributed by atoms with E-state index >= 15 is 0 Å². The number of aromatic nitrogens is 1. The lowest BCUT2D eigenvalue weighted by Gasteiger charge is -2.17. The minimum atomic E-state index is -0.0515. The van der Waals surface area contributed by atoms with E-state index in [2.05, 4.69) is 4.98 Å². The molecule has 4 nitrogen and oxygen atoms in total. The number of hydrogen-bond acceptors (Lipinski definition) is 3. The van der Waals surface area contributed by atoms with Crippen molar-refractivity contribution < 1.29 is 4.79 Å². The van der Waals surface area contributed by atoms with Gasteiger partial charge in [-0.2, -0.15) is 0 Å². The van der Waals surface area contributed by atoms with E-state index < -0.39 is 0 Å². The summed E-state index contributed by atoms with van der Waals surface area (Å²) in [5, 5.41) is 0. The van der Waals surface area contributed by atoms with Crippen molar-refractivity contribution in [1.82, 2.24) is 9.88 Å². The van der Waals surface area contributed by atoms with Gasteiger partial charge in [-0.25, -0.2) is 4.98 Å². The third-order valence-electron chi connectivity index (χ3n) is 2.37. The highest BCUT2D eigenvalue weighted by atomic mass is 16.2. The molecule has 2 N–H and O–H groups in total. The second-order valence-electron chi connectivity index (χ2n) is 4.16. The van der Waals surface area contributed by atoms with Crippen molar-refractivity contribution in [2.45, 2.75) is 26.3 Å². The first-order chi connectivity index (χ1) is 7.50. The summed E-state index contributed by atoms with van der Waals surface area (Å²) in [6.07, 6.45) is 0.800. The molecule has 0 saturated heterocycles. The second kappa shape index (κ2) is 5.61. The van der Waals surface area contributed by atoms with Gasteiger partial charge in [0.1, 0.15) is 5.69 Å². The van der Waals surface area contributed by atoms with Crippen molar-refractivity contribution >= 4 is 5.91 Å².